The van der Waals surface area contributed by atoms with Crippen LogP contribution in [-0.4, -0.2) is 25.6 Å². The first kappa shape index (κ1) is 18.6. The third-order valence-electron chi connectivity index (χ3n) is 4.33. The molecule has 0 bridgehead atoms. The van der Waals surface area contributed by atoms with Crippen LogP contribution in [0.3, 0.4) is 0 Å². The quantitative estimate of drug-likeness (QED) is 0.388. The number of pyridine rings is 1. The molecule has 0 aliphatic rings. The van der Waals surface area contributed by atoms with Gasteiger partial charge in [0, 0.05) is 23.9 Å². The number of non-ortho nitro benzene ring substituents is 1. The van der Waals surface area contributed by atoms with E-state index in [1.165, 1.54) is 22.9 Å². The highest BCUT2D eigenvalue weighted by atomic mass is 35.5. The van der Waals surface area contributed by atoms with Crippen LogP contribution in [0.15, 0.2) is 53.3 Å². The summed E-state index contributed by atoms with van der Waals surface area (Å²) in [6, 6.07) is 9.31. The highest BCUT2D eigenvalue weighted by Crippen LogP contribution is 2.30. The van der Waals surface area contributed by atoms with E-state index in [0.717, 1.165) is 10.9 Å². The number of carbonyl (C=O) groups is 1. The zero-order chi connectivity index (χ0) is 20.5. The molecule has 0 fully saturated rings. The largest absolute Gasteiger partial charge is 0.464 e. The Balaban J connectivity index is 1.61. The van der Waals surface area contributed by atoms with E-state index in [1.54, 1.807) is 18.5 Å². The highest BCUT2D eigenvalue weighted by Gasteiger charge is 2.18. The summed E-state index contributed by atoms with van der Waals surface area (Å²) in [4.78, 5) is 27.1. The standard InChI is InChI=1S/C19H14ClN5O4/c1-11-18-13(16-3-2-8-29-16)6-7-21-19(18)24(23-11)10-17(26)22-15-5-4-12(25(27)28)9-14(15)20/h2-9H,10H2,1H3,(H,22,26). The average molecular weight is 412 g/mol. The van der Waals surface area contributed by atoms with Gasteiger partial charge in [0.25, 0.3) is 5.69 Å². The lowest BCUT2D eigenvalue weighted by Gasteiger charge is -2.08. The summed E-state index contributed by atoms with van der Waals surface area (Å²) in [7, 11) is 0. The molecule has 0 spiro atoms. The Labute approximate surface area is 169 Å². The summed E-state index contributed by atoms with van der Waals surface area (Å²) in [5.41, 5.74) is 2.21. The Morgan fingerprint density at radius 1 is 1.34 bits per heavy atom. The van der Waals surface area contributed by atoms with E-state index in [2.05, 4.69) is 15.4 Å². The Kier molecular flexibility index (Phi) is 4.73. The molecule has 0 saturated heterocycles. The predicted molar refractivity (Wildman–Crippen MR) is 107 cm³/mol. The Hall–Kier alpha value is -3.72. The van der Waals surface area contributed by atoms with Crippen molar-refractivity contribution in [2.75, 3.05) is 5.32 Å². The van der Waals surface area contributed by atoms with Crippen LogP contribution in [0.25, 0.3) is 22.4 Å². The molecule has 0 aliphatic carbocycles. The summed E-state index contributed by atoms with van der Waals surface area (Å²) in [5.74, 6) is 0.289. The lowest BCUT2D eigenvalue weighted by Crippen LogP contribution is -2.20. The van der Waals surface area contributed by atoms with E-state index in [4.69, 9.17) is 16.0 Å². The number of amides is 1. The molecule has 1 aromatic carbocycles. The number of nitrogens with zero attached hydrogens (tertiary/aromatic N) is 4. The number of furan rings is 1. The molecule has 146 valence electrons. The maximum absolute atomic E-state index is 12.5. The van der Waals surface area contributed by atoms with Crippen molar-refractivity contribution in [2.45, 2.75) is 13.5 Å². The third-order valence-corrected chi connectivity index (χ3v) is 4.64. The third kappa shape index (κ3) is 3.55. The SMILES string of the molecule is Cc1nn(CC(=O)Nc2ccc([N+](=O)[O-])cc2Cl)c2nccc(-c3ccco3)c12. The highest BCUT2D eigenvalue weighted by molar-refractivity contribution is 6.33. The molecule has 9 nitrogen and oxygen atoms in total. The average Bonchev–Trinajstić information content (AvgIpc) is 3.32. The number of hydrogen-bond donors (Lipinski definition) is 1. The number of nitro groups is 1. The van der Waals surface area contributed by atoms with E-state index in [1.807, 2.05) is 19.1 Å². The monoisotopic (exact) mass is 411 g/mol. The van der Waals surface area contributed by atoms with Crippen LogP contribution in [0, 0.1) is 17.0 Å². The normalized spacial score (nSPS) is 11.0. The first-order valence-electron chi connectivity index (χ1n) is 8.54. The first-order chi connectivity index (χ1) is 13.9. The lowest BCUT2D eigenvalue weighted by molar-refractivity contribution is -0.384. The molecule has 1 amide bonds. The molecule has 0 aliphatic heterocycles. The number of aryl methyl sites for hydroxylation is 1. The minimum Gasteiger partial charge on any atom is -0.464 e. The van der Waals surface area contributed by atoms with Crippen molar-refractivity contribution >= 4 is 39.9 Å². The van der Waals surface area contributed by atoms with Crippen molar-refractivity contribution in [2.24, 2.45) is 0 Å². The molecule has 1 N–H and O–H groups in total. The van der Waals surface area contributed by atoms with Crippen LogP contribution in [0.1, 0.15) is 5.69 Å². The number of hydrogen-bond acceptors (Lipinski definition) is 6. The maximum atomic E-state index is 12.5. The second-order valence-electron chi connectivity index (χ2n) is 6.25. The predicted octanol–water partition coefficient (Wildman–Crippen LogP) is 4.20. The van der Waals surface area contributed by atoms with Crippen LogP contribution in [-0.2, 0) is 11.3 Å². The summed E-state index contributed by atoms with van der Waals surface area (Å²) < 4.78 is 6.98. The molecule has 29 heavy (non-hydrogen) atoms. The van der Waals surface area contributed by atoms with E-state index < -0.39 is 10.8 Å². The summed E-state index contributed by atoms with van der Waals surface area (Å²) in [6.45, 7) is 1.73. The number of rotatable bonds is 5. The molecule has 4 rings (SSSR count). The number of nitrogens with one attached hydrogen (secondary N) is 1. The molecule has 4 aromatic rings. The van der Waals surface area contributed by atoms with Crippen molar-refractivity contribution in [1.82, 2.24) is 14.8 Å². The van der Waals surface area contributed by atoms with Crippen LogP contribution < -0.4 is 5.32 Å². The van der Waals surface area contributed by atoms with Crippen LogP contribution >= 0.6 is 11.6 Å². The van der Waals surface area contributed by atoms with E-state index in [-0.39, 0.29) is 22.9 Å². The van der Waals surface area contributed by atoms with Crippen molar-refractivity contribution in [1.29, 1.82) is 0 Å². The molecule has 3 heterocycles. The Bertz CT molecular complexity index is 1230. The number of aromatic nitrogens is 3. The molecule has 0 saturated carbocycles. The minimum atomic E-state index is -0.557. The molecular formula is C19H14ClN5O4. The number of fused-ring (bicyclic) bond motifs is 1. The lowest BCUT2D eigenvalue weighted by atomic mass is 10.1. The van der Waals surface area contributed by atoms with Gasteiger partial charge in [0.1, 0.15) is 12.3 Å². The summed E-state index contributed by atoms with van der Waals surface area (Å²) in [5, 5.41) is 18.7. The maximum Gasteiger partial charge on any atom is 0.271 e. The molecule has 0 atom stereocenters. The van der Waals surface area contributed by atoms with Crippen LogP contribution in [0.2, 0.25) is 5.02 Å². The smallest absolute Gasteiger partial charge is 0.271 e. The van der Waals surface area contributed by atoms with Gasteiger partial charge in [-0.25, -0.2) is 9.67 Å². The first-order valence-corrected chi connectivity index (χ1v) is 8.91. The van der Waals surface area contributed by atoms with Gasteiger partial charge in [-0.3, -0.25) is 14.9 Å². The summed E-state index contributed by atoms with van der Waals surface area (Å²) in [6.07, 6.45) is 3.21. The van der Waals surface area contributed by atoms with Gasteiger partial charge >= 0.3 is 0 Å². The molecule has 0 unspecified atom stereocenters. The Morgan fingerprint density at radius 3 is 2.86 bits per heavy atom. The van der Waals surface area contributed by atoms with Crippen LogP contribution in [0.5, 0.6) is 0 Å². The molecule has 10 heteroatoms. The number of carbonyl (C=O) groups excluding carboxylic acids is 1. The number of halogens is 1. The number of anilines is 1. The van der Waals surface area contributed by atoms with Crippen molar-refractivity contribution < 1.29 is 14.1 Å². The van der Waals surface area contributed by atoms with Gasteiger partial charge in [-0.2, -0.15) is 5.10 Å². The van der Waals surface area contributed by atoms with Crippen molar-refractivity contribution in [3.8, 4) is 11.3 Å². The van der Waals surface area contributed by atoms with E-state index in [0.29, 0.717) is 17.1 Å². The van der Waals surface area contributed by atoms with Gasteiger partial charge in [0.2, 0.25) is 5.91 Å². The molecule has 0 radical (unpaired) electrons. The van der Waals surface area contributed by atoms with Crippen molar-refractivity contribution in [3.05, 3.63) is 69.7 Å². The van der Waals surface area contributed by atoms with Gasteiger partial charge in [-0.1, -0.05) is 11.6 Å². The fourth-order valence-corrected chi connectivity index (χ4v) is 3.30. The number of nitro benzene ring substituents is 1. The van der Waals surface area contributed by atoms with Gasteiger partial charge in [0.05, 0.1) is 33.0 Å². The van der Waals surface area contributed by atoms with E-state index in [9.17, 15) is 14.9 Å². The topological polar surface area (TPSA) is 116 Å². The minimum absolute atomic E-state index is 0.0762. The van der Waals surface area contributed by atoms with E-state index >= 15 is 0 Å². The van der Waals surface area contributed by atoms with Gasteiger partial charge < -0.3 is 9.73 Å². The van der Waals surface area contributed by atoms with Gasteiger partial charge in [-0.15, -0.1) is 0 Å². The zero-order valence-electron chi connectivity index (χ0n) is 15.1. The summed E-state index contributed by atoms with van der Waals surface area (Å²) >= 11 is 6.03. The number of benzene rings is 1. The fourth-order valence-electron chi connectivity index (χ4n) is 3.07. The second kappa shape index (κ2) is 7.36. The molecule has 3 aromatic heterocycles. The zero-order valence-corrected chi connectivity index (χ0v) is 15.9. The fraction of sp³-hybridized carbons (Fsp3) is 0.105. The van der Waals surface area contributed by atoms with Crippen molar-refractivity contribution in [3.63, 3.8) is 0 Å². The van der Waals surface area contributed by atoms with Gasteiger partial charge in [0.15, 0.2) is 5.65 Å². The second-order valence-corrected chi connectivity index (χ2v) is 6.65. The Morgan fingerprint density at radius 2 is 2.17 bits per heavy atom. The van der Waals surface area contributed by atoms with Crippen LogP contribution in [0.4, 0.5) is 11.4 Å². The molecular weight excluding hydrogens is 398 g/mol. The van der Waals surface area contributed by atoms with Gasteiger partial charge in [-0.05, 0) is 31.2 Å².